The maximum Gasteiger partial charge on any atom is 0.0644 e. The highest BCUT2D eigenvalue weighted by molar-refractivity contribution is 5.28. The third-order valence-electron chi connectivity index (χ3n) is 3.92. The zero-order valence-corrected chi connectivity index (χ0v) is 10.9. The van der Waals surface area contributed by atoms with Gasteiger partial charge in [-0.2, -0.15) is 5.10 Å². The monoisotopic (exact) mass is 221 g/mol. The molecule has 1 aliphatic carbocycles. The molecule has 0 aromatic carbocycles. The number of aromatic nitrogens is 2. The topological polar surface area (TPSA) is 29.9 Å². The first kappa shape index (κ1) is 11.6. The van der Waals surface area contributed by atoms with Crippen molar-refractivity contribution in [1.82, 2.24) is 15.1 Å². The normalized spacial score (nSPS) is 19.2. The van der Waals surface area contributed by atoms with Crippen LogP contribution < -0.4 is 5.32 Å². The third-order valence-corrected chi connectivity index (χ3v) is 3.92. The van der Waals surface area contributed by atoms with Gasteiger partial charge in [0.15, 0.2) is 0 Å². The van der Waals surface area contributed by atoms with Crippen molar-refractivity contribution < 1.29 is 0 Å². The molecule has 1 N–H and O–H groups in total. The summed E-state index contributed by atoms with van der Waals surface area (Å²) < 4.78 is 2.27. The highest BCUT2D eigenvalue weighted by atomic mass is 15.3. The van der Waals surface area contributed by atoms with E-state index in [4.69, 9.17) is 5.10 Å². The summed E-state index contributed by atoms with van der Waals surface area (Å²) in [5, 5.41) is 8.05. The van der Waals surface area contributed by atoms with Gasteiger partial charge in [-0.25, -0.2) is 0 Å². The van der Waals surface area contributed by atoms with Gasteiger partial charge < -0.3 is 5.32 Å². The van der Waals surface area contributed by atoms with Gasteiger partial charge in [-0.05, 0) is 40.7 Å². The number of nitrogens with one attached hydrogen (secondary N) is 1. The SMILES string of the molecule is CNC(C)c1c(C)nn(C2CCCC2)c1C. The Balaban J connectivity index is 2.33. The van der Waals surface area contributed by atoms with Crippen molar-refractivity contribution in [3.05, 3.63) is 17.0 Å². The first-order valence-electron chi connectivity index (χ1n) is 6.38. The number of aryl methyl sites for hydroxylation is 1. The Morgan fingerprint density at radius 2 is 1.94 bits per heavy atom. The molecule has 1 aromatic rings. The predicted octanol–water partition coefficient (Wildman–Crippen LogP) is 2.90. The quantitative estimate of drug-likeness (QED) is 0.850. The molecule has 0 aliphatic heterocycles. The van der Waals surface area contributed by atoms with E-state index in [1.54, 1.807) is 0 Å². The van der Waals surface area contributed by atoms with Gasteiger partial charge in [0, 0.05) is 17.3 Å². The lowest BCUT2D eigenvalue weighted by atomic mass is 10.1. The van der Waals surface area contributed by atoms with Crippen molar-refractivity contribution in [2.24, 2.45) is 0 Å². The van der Waals surface area contributed by atoms with Gasteiger partial charge in [0.25, 0.3) is 0 Å². The molecule has 1 fully saturated rings. The molecule has 2 rings (SSSR count). The average molecular weight is 221 g/mol. The van der Waals surface area contributed by atoms with Crippen LogP contribution in [0.2, 0.25) is 0 Å². The Kier molecular flexibility index (Phi) is 3.33. The third kappa shape index (κ3) is 1.88. The van der Waals surface area contributed by atoms with Crippen molar-refractivity contribution in [1.29, 1.82) is 0 Å². The van der Waals surface area contributed by atoms with Gasteiger partial charge in [0.05, 0.1) is 11.7 Å². The van der Waals surface area contributed by atoms with E-state index in [9.17, 15) is 0 Å². The van der Waals surface area contributed by atoms with E-state index in [1.807, 2.05) is 7.05 Å². The maximum atomic E-state index is 4.74. The second-order valence-corrected chi connectivity index (χ2v) is 4.98. The number of nitrogens with zero attached hydrogens (tertiary/aromatic N) is 2. The van der Waals surface area contributed by atoms with Crippen LogP contribution in [-0.4, -0.2) is 16.8 Å². The second-order valence-electron chi connectivity index (χ2n) is 4.98. The van der Waals surface area contributed by atoms with E-state index in [1.165, 1.54) is 42.6 Å². The molecule has 1 saturated carbocycles. The largest absolute Gasteiger partial charge is 0.313 e. The molecule has 1 atom stereocenters. The zero-order valence-electron chi connectivity index (χ0n) is 10.9. The van der Waals surface area contributed by atoms with Crippen molar-refractivity contribution in [3.63, 3.8) is 0 Å². The molecule has 16 heavy (non-hydrogen) atoms. The lowest BCUT2D eigenvalue weighted by Gasteiger charge is -2.14. The number of rotatable bonds is 3. The van der Waals surface area contributed by atoms with Gasteiger partial charge in [-0.15, -0.1) is 0 Å². The average Bonchev–Trinajstić information content (AvgIpc) is 2.86. The first-order valence-corrected chi connectivity index (χ1v) is 6.38. The van der Waals surface area contributed by atoms with Crippen LogP contribution in [0.4, 0.5) is 0 Å². The summed E-state index contributed by atoms with van der Waals surface area (Å²) in [5.41, 5.74) is 3.92. The molecule has 1 heterocycles. The van der Waals surface area contributed by atoms with Crippen LogP contribution >= 0.6 is 0 Å². The fraction of sp³-hybridized carbons (Fsp3) is 0.769. The van der Waals surface area contributed by atoms with Gasteiger partial charge in [0.1, 0.15) is 0 Å². The zero-order chi connectivity index (χ0) is 11.7. The summed E-state index contributed by atoms with van der Waals surface area (Å²) in [4.78, 5) is 0. The number of hydrogen-bond donors (Lipinski definition) is 1. The van der Waals surface area contributed by atoms with E-state index in [0.29, 0.717) is 12.1 Å². The Morgan fingerprint density at radius 3 is 2.50 bits per heavy atom. The Bertz CT molecular complexity index is 361. The smallest absolute Gasteiger partial charge is 0.0644 e. The van der Waals surface area contributed by atoms with Gasteiger partial charge in [0.2, 0.25) is 0 Å². The van der Waals surface area contributed by atoms with Crippen molar-refractivity contribution in [2.75, 3.05) is 7.05 Å². The summed E-state index contributed by atoms with van der Waals surface area (Å²) in [6.45, 7) is 6.54. The summed E-state index contributed by atoms with van der Waals surface area (Å²) in [7, 11) is 2.01. The fourth-order valence-electron chi connectivity index (χ4n) is 2.95. The highest BCUT2D eigenvalue weighted by Crippen LogP contribution is 2.32. The van der Waals surface area contributed by atoms with Gasteiger partial charge >= 0.3 is 0 Å². The lowest BCUT2D eigenvalue weighted by molar-refractivity contribution is 0.453. The molecule has 0 amide bonds. The minimum atomic E-state index is 0.398. The summed E-state index contributed by atoms with van der Waals surface area (Å²) in [6, 6.07) is 1.05. The maximum absolute atomic E-state index is 4.74. The summed E-state index contributed by atoms with van der Waals surface area (Å²) in [6.07, 6.45) is 5.32. The summed E-state index contributed by atoms with van der Waals surface area (Å²) >= 11 is 0. The molecule has 0 radical (unpaired) electrons. The molecule has 0 saturated heterocycles. The minimum absolute atomic E-state index is 0.398. The molecule has 3 heteroatoms. The van der Waals surface area contributed by atoms with Gasteiger partial charge in [-0.3, -0.25) is 4.68 Å². The molecule has 90 valence electrons. The van der Waals surface area contributed by atoms with E-state index >= 15 is 0 Å². The molecular weight excluding hydrogens is 198 g/mol. The van der Waals surface area contributed by atoms with Crippen LogP contribution in [-0.2, 0) is 0 Å². The molecule has 1 aromatic heterocycles. The second kappa shape index (κ2) is 4.58. The van der Waals surface area contributed by atoms with E-state index in [2.05, 4.69) is 30.8 Å². The molecule has 0 bridgehead atoms. The Hall–Kier alpha value is -0.830. The predicted molar refractivity (Wildman–Crippen MR) is 66.7 cm³/mol. The van der Waals surface area contributed by atoms with Crippen LogP contribution in [0.25, 0.3) is 0 Å². The standard InChI is InChI=1S/C13H23N3/c1-9(14-4)13-10(2)15-16(11(13)3)12-7-5-6-8-12/h9,12,14H,5-8H2,1-4H3. The van der Waals surface area contributed by atoms with Crippen LogP contribution in [0.15, 0.2) is 0 Å². The molecule has 3 nitrogen and oxygen atoms in total. The van der Waals surface area contributed by atoms with Crippen molar-refractivity contribution >= 4 is 0 Å². The van der Waals surface area contributed by atoms with Gasteiger partial charge in [-0.1, -0.05) is 12.8 Å². The van der Waals surface area contributed by atoms with E-state index in [-0.39, 0.29) is 0 Å². The van der Waals surface area contributed by atoms with E-state index in [0.717, 1.165) is 0 Å². The van der Waals surface area contributed by atoms with Crippen LogP contribution in [0.1, 0.15) is 61.6 Å². The highest BCUT2D eigenvalue weighted by Gasteiger charge is 2.23. The van der Waals surface area contributed by atoms with Crippen molar-refractivity contribution in [2.45, 2.75) is 58.5 Å². The first-order chi connectivity index (χ1) is 7.65. The molecule has 1 unspecified atom stereocenters. The lowest BCUT2D eigenvalue weighted by Crippen LogP contribution is -2.15. The summed E-state index contributed by atoms with van der Waals surface area (Å²) in [5.74, 6) is 0. The minimum Gasteiger partial charge on any atom is -0.313 e. The molecule has 0 spiro atoms. The van der Waals surface area contributed by atoms with E-state index < -0.39 is 0 Å². The molecule has 1 aliphatic rings. The van der Waals surface area contributed by atoms with Crippen molar-refractivity contribution in [3.8, 4) is 0 Å². The van der Waals surface area contributed by atoms with Crippen LogP contribution in [0.3, 0.4) is 0 Å². The Morgan fingerprint density at radius 1 is 1.31 bits per heavy atom. The Labute approximate surface area is 98.2 Å². The van der Waals surface area contributed by atoms with Crippen LogP contribution in [0.5, 0.6) is 0 Å². The van der Waals surface area contributed by atoms with Crippen LogP contribution in [0, 0.1) is 13.8 Å². The number of hydrogen-bond acceptors (Lipinski definition) is 2. The fourth-order valence-corrected chi connectivity index (χ4v) is 2.95. The molecular formula is C13H23N3.